The first-order valence-electron chi connectivity index (χ1n) is 6.76. The number of nitrogens with one attached hydrogen (secondary N) is 1. The van der Waals surface area contributed by atoms with Gasteiger partial charge in [-0.2, -0.15) is 0 Å². The predicted octanol–water partition coefficient (Wildman–Crippen LogP) is 4.15. The van der Waals surface area contributed by atoms with E-state index < -0.39 is 17.5 Å². The molecule has 0 atom stereocenters. The van der Waals surface area contributed by atoms with Gasteiger partial charge < -0.3 is 10.1 Å². The van der Waals surface area contributed by atoms with Gasteiger partial charge in [-0.05, 0) is 42.7 Å². The lowest BCUT2D eigenvalue weighted by Crippen LogP contribution is -2.15. The van der Waals surface area contributed by atoms with Crippen LogP contribution < -0.4 is 10.1 Å². The summed E-state index contributed by atoms with van der Waals surface area (Å²) in [6, 6.07) is 7.72. The SMILES string of the molecule is Fc1cc(CNC2CC2)cc(Oc2ccc(F)cc2F)c1. The van der Waals surface area contributed by atoms with Crippen LogP contribution in [-0.2, 0) is 6.54 Å². The Morgan fingerprint density at radius 1 is 1.00 bits per heavy atom. The highest BCUT2D eigenvalue weighted by Crippen LogP contribution is 2.27. The third-order valence-corrected chi connectivity index (χ3v) is 3.23. The molecule has 1 saturated carbocycles. The van der Waals surface area contributed by atoms with E-state index in [1.165, 1.54) is 18.2 Å². The second-order valence-corrected chi connectivity index (χ2v) is 5.13. The summed E-state index contributed by atoms with van der Waals surface area (Å²) in [7, 11) is 0. The summed E-state index contributed by atoms with van der Waals surface area (Å²) >= 11 is 0. The first-order valence-corrected chi connectivity index (χ1v) is 6.76. The normalized spacial score (nSPS) is 14.2. The number of benzene rings is 2. The van der Waals surface area contributed by atoms with Crippen LogP contribution >= 0.6 is 0 Å². The van der Waals surface area contributed by atoms with Gasteiger partial charge in [0, 0.05) is 24.7 Å². The van der Waals surface area contributed by atoms with Gasteiger partial charge in [-0.25, -0.2) is 13.2 Å². The topological polar surface area (TPSA) is 21.3 Å². The van der Waals surface area contributed by atoms with Crippen LogP contribution in [0.3, 0.4) is 0 Å². The molecule has 0 saturated heterocycles. The van der Waals surface area contributed by atoms with E-state index in [1.54, 1.807) is 6.07 Å². The van der Waals surface area contributed by atoms with Crippen LogP contribution in [0.25, 0.3) is 0 Å². The second-order valence-electron chi connectivity index (χ2n) is 5.13. The summed E-state index contributed by atoms with van der Waals surface area (Å²) in [6.45, 7) is 0.532. The fourth-order valence-electron chi connectivity index (χ4n) is 2.02. The lowest BCUT2D eigenvalue weighted by atomic mass is 10.2. The van der Waals surface area contributed by atoms with Crippen LogP contribution in [0.2, 0.25) is 0 Å². The van der Waals surface area contributed by atoms with Gasteiger partial charge in [0.2, 0.25) is 0 Å². The molecule has 1 N–H and O–H groups in total. The second kappa shape index (κ2) is 5.77. The molecule has 21 heavy (non-hydrogen) atoms. The molecule has 0 bridgehead atoms. The van der Waals surface area contributed by atoms with Gasteiger partial charge >= 0.3 is 0 Å². The Bertz CT molecular complexity index is 656. The van der Waals surface area contributed by atoms with Crippen LogP contribution in [0.4, 0.5) is 13.2 Å². The van der Waals surface area contributed by atoms with Crippen molar-refractivity contribution in [2.45, 2.75) is 25.4 Å². The summed E-state index contributed by atoms with van der Waals surface area (Å²) < 4.78 is 45.2. The molecule has 3 rings (SSSR count). The fourth-order valence-corrected chi connectivity index (χ4v) is 2.02. The molecule has 0 unspecified atom stereocenters. The van der Waals surface area contributed by atoms with E-state index in [4.69, 9.17) is 4.74 Å². The number of hydrogen-bond donors (Lipinski definition) is 1. The average Bonchev–Trinajstić information content (AvgIpc) is 3.23. The lowest BCUT2D eigenvalue weighted by molar-refractivity contribution is 0.433. The largest absolute Gasteiger partial charge is 0.454 e. The van der Waals surface area contributed by atoms with E-state index in [0.29, 0.717) is 12.6 Å². The van der Waals surface area contributed by atoms with Gasteiger partial charge in [-0.15, -0.1) is 0 Å². The first-order chi connectivity index (χ1) is 10.1. The minimum Gasteiger partial charge on any atom is -0.454 e. The summed E-state index contributed by atoms with van der Waals surface area (Å²) in [5.41, 5.74) is 0.722. The Hall–Kier alpha value is -2.01. The zero-order valence-electron chi connectivity index (χ0n) is 11.2. The van der Waals surface area contributed by atoms with E-state index in [-0.39, 0.29) is 11.5 Å². The van der Waals surface area contributed by atoms with Crippen molar-refractivity contribution in [2.75, 3.05) is 0 Å². The Balaban J connectivity index is 1.77. The Morgan fingerprint density at radius 3 is 2.52 bits per heavy atom. The fraction of sp³-hybridized carbons (Fsp3) is 0.250. The first kappa shape index (κ1) is 13.9. The Morgan fingerprint density at radius 2 is 1.81 bits per heavy atom. The summed E-state index contributed by atoms with van der Waals surface area (Å²) in [5, 5.41) is 3.26. The molecule has 5 heteroatoms. The summed E-state index contributed by atoms with van der Waals surface area (Å²) in [6.07, 6.45) is 2.28. The highest BCUT2D eigenvalue weighted by atomic mass is 19.1. The van der Waals surface area contributed by atoms with Gasteiger partial charge in [-0.3, -0.25) is 0 Å². The van der Waals surface area contributed by atoms with E-state index in [1.807, 2.05) is 0 Å². The minimum atomic E-state index is -0.822. The maximum atomic E-state index is 13.6. The van der Waals surface area contributed by atoms with Crippen molar-refractivity contribution in [3.8, 4) is 11.5 Å². The molecular formula is C16H14F3NO. The van der Waals surface area contributed by atoms with Crippen LogP contribution in [0.15, 0.2) is 36.4 Å². The predicted molar refractivity (Wildman–Crippen MR) is 72.7 cm³/mol. The van der Waals surface area contributed by atoms with E-state index in [0.717, 1.165) is 30.5 Å². The number of hydrogen-bond acceptors (Lipinski definition) is 2. The molecule has 0 radical (unpaired) electrons. The minimum absolute atomic E-state index is 0.136. The quantitative estimate of drug-likeness (QED) is 0.894. The van der Waals surface area contributed by atoms with E-state index in [2.05, 4.69) is 5.32 Å². The van der Waals surface area contributed by atoms with Gasteiger partial charge in [0.25, 0.3) is 0 Å². The third-order valence-electron chi connectivity index (χ3n) is 3.23. The maximum absolute atomic E-state index is 13.6. The highest BCUT2D eigenvalue weighted by Gasteiger charge is 2.20. The van der Waals surface area contributed by atoms with Crippen molar-refractivity contribution in [3.05, 3.63) is 59.4 Å². The molecule has 2 nitrogen and oxygen atoms in total. The molecular weight excluding hydrogens is 279 g/mol. The van der Waals surface area contributed by atoms with Crippen LogP contribution in [-0.4, -0.2) is 6.04 Å². The van der Waals surface area contributed by atoms with Crippen LogP contribution in [0.1, 0.15) is 18.4 Å². The lowest BCUT2D eigenvalue weighted by Gasteiger charge is -2.10. The molecule has 1 aliphatic carbocycles. The molecule has 1 aliphatic rings. The van der Waals surface area contributed by atoms with E-state index in [9.17, 15) is 13.2 Å². The molecule has 0 aromatic heterocycles. The summed E-state index contributed by atoms with van der Waals surface area (Å²) in [4.78, 5) is 0. The Labute approximate surface area is 120 Å². The molecule has 0 spiro atoms. The van der Waals surface area contributed by atoms with Gasteiger partial charge in [0.1, 0.15) is 17.4 Å². The number of ether oxygens (including phenoxy) is 1. The van der Waals surface area contributed by atoms with E-state index >= 15 is 0 Å². The highest BCUT2D eigenvalue weighted by molar-refractivity contribution is 5.35. The number of halogens is 3. The van der Waals surface area contributed by atoms with Crippen molar-refractivity contribution in [1.82, 2.24) is 5.32 Å². The summed E-state index contributed by atoms with van der Waals surface area (Å²) in [5.74, 6) is -1.91. The van der Waals surface area contributed by atoms with Crippen molar-refractivity contribution in [1.29, 1.82) is 0 Å². The molecule has 0 heterocycles. The number of rotatable bonds is 5. The third kappa shape index (κ3) is 3.76. The molecule has 2 aromatic rings. The zero-order valence-corrected chi connectivity index (χ0v) is 11.2. The maximum Gasteiger partial charge on any atom is 0.168 e. The van der Waals surface area contributed by atoms with Crippen molar-refractivity contribution >= 4 is 0 Å². The Kier molecular flexibility index (Phi) is 3.84. The van der Waals surface area contributed by atoms with Crippen LogP contribution in [0, 0.1) is 17.5 Å². The molecule has 1 fully saturated rings. The smallest absolute Gasteiger partial charge is 0.168 e. The van der Waals surface area contributed by atoms with Crippen LogP contribution in [0.5, 0.6) is 11.5 Å². The molecule has 0 amide bonds. The average molecular weight is 293 g/mol. The van der Waals surface area contributed by atoms with Crippen molar-refractivity contribution < 1.29 is 17.9 Å². The zero-order chi connectivity index (χ0) is 14.8. The monoisotopic (exact) mass is 293 g/mol. The van der Waals surface area contributed by atoms with Crippen molar-refractivity contribution in [3.63, 3.8) is 0 Å². The van der Waals surface area contributed by atoms with Crippen molar-refractivity contribution in [2.24, 2.45) is 0 Å². The molecule has 110 valence electrons. The molecule has 0 aliphatic heterocycles. The van der Waals surface area contributed by atoms with Gasteiger partial charge in [0.05, 0.1) is 0 Å². The standard InChI is InChI=1S/C16H14F3NO/c17-11-1-4-16(15(19)8-11)21-14-6-10(5-12(18)7-14)9-20-13-2-3-13/h1,4-8,13,20H,2-3,9H2. The molecule has 2 aromatic carbocycles. The van der Waals surface area contributed by atoms with Gasteiger partial charge in [-0.1, -0.05) is 0 Å². The van der Waals surface area contributed by atoms with Gasteiger partial charge in [0.15, 0.2) is 11.6 Å².